The van der Waals surface area contributed by atoms with E-state index in [1.807, 2.05) is 0 Å². The summed E-state index contributed by atoms with van der Waals surface area (Å²) >= 11 is 4.41. The van der Waals surface area contributed by atoms with Gasteiger partial charge in [0, 0.05) is 10.5 Å². The molecule has 2 heteroatoms. The van der Waals surface area contributed by atoms with Crippen LogP contribution in [0, 0.1) is 5.92 Å². The Labute approximate surface area is 123 Å². The van der Waals surface area contributed by atoms with Gasteiger partial charge in [0.15, 0.2) is 0 Å². The molecule has 0 N–H and O–H groups in total. The molecule has 2 aliphatic heterocycles. The van der Waals surface area contributed by atoms with E-state index < -0.39 is 0 Å². The summed E-state index contributed by atoms with van der Waals surface area (Å²) in [5.41, 5.74) is 1.58. The standard InChI is InChI=1S/C17H18S2/c1-2-6-13-12(4-1)5-3-7-14(13)17-15-8-10-18-16(15)9-11-19-17/h1-7,15-17H,8-11H2. The molecule has 0 bridgehead atoms. The highest BCUT2D eigenvalue weighted by atomic mass is 32.2. The Morgan fingerprint density at radius 1 is 0.842 bits per heavy atom. The second-order valence-electron chi connectivity index (χ2n) is 5.51. The highest BCUT2D eigenvalue weighted by Gasteiger charge is 2.38. The van der Waals surface area contributed by atoms with E-state index in [0.717, 1.165) is 16.4 Å². The summed E-state index contributed by atoms with van der Waals surface area (Å²) in [6, 6.07) is 15.7. The van der Waals surface area contributed by atoms with Crippen molar-refractivity contribution < 1.29 is 0 Å². The first kappa shape index (κ1) is 12.2. The summed E-state index contributed by atoms with van der Waals surface area (Å²) in [6.07, 6.45) is 2.83. The lowest BCUT2D eigenvalue weighted by Crippen LogP contribution is -2.24. The summed E-state index contributed by atoms with van der Waals surface area (Å²) < 4.78 is 0. The molecule has 4 rings (SSSR count). The van der Waals surface area contributed by atoms with Crippen molar-refractivity contribution in [2.24, 2.45) is 5.92 Å². The molecule has 2 aromatic rings. The van der Waals surface area contributed by atoms with E-state index in [-0.39, 0.29) is 0 Å². The fourth-order valence-electron chi connectivity index (χ4n) is 3.56. The van der Waals surface area contributed by atoms with Crippen LogP contribution in [0.25, 0.3) is 10.8 Å². The second-order valence-corrected chi connectivity index (χ2v) is 8.11. The molecular formula is C17H18S2. The predicted molar refractivity (Wildman–Crippen MR) is 88.1 cm³/mol. The molecule has 2 saturated heterocycles. The minimum absolute atomic E-state index is 0.722. The van der Waals surface area contributed by atoms with Gasteiger partial charge in [0.05, 0.1) is 0 Å². The van der Waals surface area contributed by atoms with Crippen LogP contribution in [-0.2, 0) is 0 Å². The van der Waals surface area contributed by atoms with Gasteiger partial charge in [-0.05, 0) is 46.6 Å². The van der Waals surface area contributed by atoms with Crippen LogP contribution in [-0.4, -0.2) is 16.8 Å². The Hall–Kier alpha value is -0.600. The Kier molecular flexibility index (Phi) is 3.24. The van der Waals surface area contributed by atoms with E-state index in [1.165, 1.54) is 35.1 Å². The van der Waals surface area contributed by atoms with Crippen LogP contribution in [0.3, 0.4) is 0 Å². The smallest absolute Gasteiger partial charge is 0.0342 e. The minimum Gasteiger partial charge on any atom is -0.158 e. The highest BCUT2D eigenvalue weighted by molar-refractivity contribution is 8.01. The SMILES string of the molecule is c1ccc2c(C3SCCC4SCCC43)cccc2c1. The van der Waals surface area contributed by atoms with Crippen molar-refractivity contribution in [2.75, 3.05) is 11.5 Å². The molecule has 19 heavy (non-hydrogen) atoms. The number of benzene rings is 2. The number of hydrogen-bond acceptors (Lipinski definition) is 2. The lowest BCUT2D eigenvalue weighted by molar-refractivity contribution is 0.482. The Morgan fingerprint density at radius 2 is 1.68 bits per heavy atom. The summed E-state index contributed by atoms with van der Waals surface area (Å²) in [7, 11) is 0. The maximum atomic E-state index is 2.37. The highest BCUT2D eigenvalue weighted by Crippen LogP contribution is 2.53. The van der Waals surface area contributed by atoms with Gasteiger partial charge < -0.3 is 0 Å². The van der Waals surface area contributed by atoms with Crippen molar-refractivity contribution in [3.8, 4) is 0 Å². The summed E-state index contributed by atoms with van der Waals surface area (Å²) in [5.74, 6) is 3.61. The topological polar surface area (TPSA) is 0 Å². The van der Waals surface area contributed by atoms with E-state index in [2.05, 4.69) is 66.0 Å². The molecule has 2 heterocycles. The van der Waals surface area contributed by atoms with Crippen molar-refractivity contribution in [3.05, 3.63) is 48.0 Å². The van der Waals surface area contributed by atoms with Gasteiger partial charge in [-0.1, -0.05) is 42.5 Å². The van der Waals surface area contributed by atoms with Crippen LogP contribution in [0.4, 0.5) is 0 Å². The second kappa shape index (κ2) is 5.06. The molecule has 0 nitrogen and oxygen atoms in total. The third kappa shape index (κ3) is 2.09. The largest absolute Gasteiger partial charge is 0.158 e. The molecule has 2 aliphatic rings. The van der Waals surface area contributed by atoms with Crippen molar-refractivity contribution >= 4 is 34.3 Å². The first-order chi connectivity index (χ1) is 9.43. The first-order valence-corrected chi connectivity index (χ1v) is 9.24. The fraction of sp³-hybridized carbons (Fsp3) is 0.412. The fourth-order valence-corrected chi connectivity index (χ4v) is 6.95. The monoisotopic (exact) mass is 286 g/mol. The summed E-state index contributed by atoms with van der Waals surface area (Å²) in [4.78, 5) is 0. The number of thioether (sulfide) groups is 2. The molecular weight excluding hydrogens is 268 g/mol. The minimum atomic E-state index is 0.722. The van der Waals surface area contributed by atoms with Crippen LogP contribution >= 0.6 is 23.5 Å². The summed E-state index contributed by atoms with van der Waals surface area (Å²) in [6.45, 7) is 0. The maximum absolute atomic E-state index is 2.37. The quantitative estimate of drug-likeness (QED) is 0.712. The molecule has 0 amide bonds. The zero-order chi connectivity index (χ0) is 12.7. The lowest BCUT2D eigenvalue weighted by atomic mass is 9.89. The van der Waals surface area contributed by atoms with Gasteiger partial charge in [-0.25, -0.2) is 0 Å². The van der Waals surface area contributed by atoms with Gasteiger partial charge in [0.2, 0.25) is 0 Å². The van der Waals surface area contributed by atoms with Crippen molar-refractivity contribution in [3.63, 3.8) is 0 Å². The van der Waals surface area contributed by atoms with Crippen LogP contribution in [0.1, 0.15) is 23.7 Å². The molecule has 3 unspecified atom stereocenters. The Bertz CT molecular complexity index is 587. The lowest BCUT2D eigenvalue weighted by Gasteiger charge is -2.33. The Morgan fingerprint density at radius 3 is 2.68 bits per heavy atom. The van der Waals surface area contributed by atoms with Gasteiger partial charge in [0.25, 0.3) is 0 Å². The van der Waals surface area contributed by atoms with Gasteiger partial charge in [-0.2, -0.15) is 23.5 Å². The molecule has 0 spiro atoms. The number of rotatable bonds is 1. The third-order valence-corrected chi connectivity index (χ3v) is 7.40. The zero-order valence-corrected chi connectivity index (χ0v) is 12.6. The van der Waals surface area contributed by atoms with Crippen molar-refractivity contribution in [2.45, 2.75) is 23.3 Å². The van der Waals surface area contributed by atoms with Gasteiger partial charge in [0.1, 0.15) is 0 Å². The average molecular weight is 286 g/mol. The van der Waals surface area contributed by atoms with Crippen LogP contribution in [0.15, 0.2) is 42.5 Å². The zero-order valence-electron chi connectivity index (χ0n) is 10.9. The predicted octanol–water partition coefficient (Wildman–Crippen LogP) is 5.14. The number of hydrogen-bond donors (Lipinski definition) is 0. The van der Waals surface area contributed by atoms with Crippen LogP contribution < -0.4 is 0 Å². The normalized spacial score (nSPS) is 30.4. The maximum Gasteiger partial charge on any atom is 0.0342 e. The van der Waals surface area contributed by atoms with Gasteiger partial charge >= 0.3 is 0 Å². The van der Waals surface area contributed by atoms with E-state index in [4.69, 9.17) is 0 Å². The van der Waals surface area contributed by atoms with Gasteiger partial charge in [-0.3, -0.25) is 0 Å². The summed E-state index contributed by atoms with van der Waals surface area (Å²) in [5, 5.41) is 4.51. The Balaban J connectivity index is 1.81. The molecule has 2 fully saturated rings. The van der Waals surface area contributed by atoms with Crippen molar-refractivity contribution in [1.82, 2.24) is 0 Å². The molecule has 3 atom stereocenters. The van der Waals surface area contributed by atoms with Crippen LogP contribution in [0.2, 0.25) is 0 Å². The third-order valence-electron chi connectivity index (χ3n) is 4.48. The number of fused-ring (bicyclic) bond motifs is 2. The van der Waals surface area contributed by atoms with E-state index in [9.17, 15) is 0 Å². The molecule has 0 aliphatic carbocycles. The van der Waals surface area contributed by atoms with E-state index >= 15 is 0 Å². The van der Waals surface area contributed by atoms with E-state index in [1.54, 1.807) is 5.56 Å². The molecule has 0 saturated carbocycles. The van der Waals surface area contributed by atoms with Crippen LogP contribution in [0.5, 0.6) is 0 Å². The van der Waals surface area contributed by atoms with Gasteiger partial charge in [-0.15, -0.1) is 0 Å². The van der Waals surface area contributed by atoms with E-state index in [0.29, 0.717) is 0 Å². The molecule has 0 radical (unpaired) electrons. The molecule has 2 aromatic carbocycles. The molecule has 98 valence electrons. The van der Waals surface area contributed by atoms with Crippen molar-refractivity contribution in [1.29, 1.82) is 0 Å². The molecule has 0 aromatic heterocycles. The average Bonchev–Trinajstić information content (AvgIpc) is 2.95. The first-order valence-electron chi connectivity index (χ1n) is 7.14.